The molecule has 0 bridgehead atoms. The topological polar surface area (TPSA) is 79.3 Å². The third-order valence-corrected chi connectivity index (χ3v) is 5.58. The quantitative estimate of drug-likeness (QED) is 0.781. The normalized spacial score (nSPS) is 20.3. The molecular weight excluding hydrogens is 355 g/mol. The van der Waals surface area contributed by atoms with Crippen LogP contribution in [0.2, 0.25) is 0 Å². The lowest BCUT2D eigenvalue weighted by molar-refractivity contribution is -0.143. The number of nitrogens with one attached hydrogen (secondary N) is 1. The van der Waals surface area contributed by atoms with Gasteiger partial charge in [-0.25, -0.2) is 9.37 Å². The molecule has 2 aromatic rings. The smallest absolute Gasteiger partial charge is 0.308 e. The molecule has 1 aromatic carbocycles. The van der Waals surface area contributed by atoms with Crippen LogP contribution in [0.4, 0.5) is 4.39 Å². The van der Waals surface area contributed by atoms with E-state index in [1.54, 1.807) is 17.5 Å². The molecule has 1 heterocycles. The van der Waals surface area contributed by atoms with Gasteiger partial charge in [-0.05, 0) is 25.0 Å². The Hall–Kier alpha value is -2.28. The SMILES string of the molecule is O=C(Cc1csc(-c2cccc(F)c2)n1)N[C@H]1CCCCC[C@H]1C(=O)O. The number of thiazole rings is 1. The van der Waals surface area contributed by atoms with E-state index in [9.17, 15) is 19.1 Å². The van der Waals surface area contributed by atoms with Gasteiger partial charge in [0.15, 0.2) is 0 Å². The Morgan fingerprint density at radius 1 is 1.27 bits per heavy atom. The first-order valence-electron chi connectivity index (χ1n) is 8.75. The van der Waals surface area contributed by atoms with E-state index < -0.39 is 11.9 Å². The van der Waals surface area contributed by atoms with Crippen molar-refractivity contribution in [3.63, 3.8) is 0 Å². The van der Waals surface area contributed by atoms with Crippen LogP contribution in [-0.4, -0.2) is 28.0 Å². The number of rotatable bonds is 5. The Labute approximate surface area is 155 Å². The Morgan fingerprint density at radius 2 is 2.08 bits per heavy atom. The highest BCUT2D eigenvalue weighted by Crippen LogP contribution is 2.26. The Balaban J connectivity index is 1.63. The van der Waals surface area contributed by atoms with Gasteiger partial charge >= 0.3 is 5.97 Å². The van der Waals surface area contributed by atoms with Gasteiger partial charge < -0.3 is 10.4 Å². The molecule has 1 aromatic heterocycles. The molecule has 2 atom stereocenters. The van der Waals surface area contributed by atoms with Crippen molar-refractivity contribution >= 4 is 23.2 Å². The second kappa shape index (κ2) is 8.40. The number of carboxylic acid groups (broad SMARTS) is 1. The first-order valence-corrected chi connectivity index (χ1v) is 9.63. The molecule has 7 heteroatoms. The van der Waals surface area contributed by atoms with Crippen LogP contribution in [0.15, 0.2) is 29.6 Å². The third-order valence-electron chi connectivity index (χ3n) is 4.64. The summed E-state index contributed by atoms with van der Waals surface area (Å²) >= 11 is 1.36. The minimum atomic E-state index is -0.848. The van der Waals surface area contributed by atoms with Crippen LogP contribution in [0.3, 0.4) is 0 Å². The van der Waals surface area contributed by atoms with Gasteiger partial charge in [-0.3, -0.25) is 9.59 Å². The van der Waals surface area contributed by atoms with Gasteiger partial charge in [0.05, 0.1) is 18.0 Å². The Bertz CT molecular complexity index is 793. The van der Waals surface area contributed by atoms with Crippen molar-refractivity contribution < 1.29 is 19.1 Å². The maximum absolute atomic E-state index is 13.3. The largest absolute Gasteiger partial charge is 0.481 e. The molecule has 0 aliphatic heterocycles. The van der Waals surface area contributed by atoms with Gasteiger partial charge in [0.1, 0.15) is 10.8 Å². The molecular formula is C19H21FN2O3S. The van der Waals surface area contributed by atoms with Crippen LogP contribution < -0.4 is 5.32 Å². The zero-order valence-electron chi connectivity index (χ0n) is 14.3. The molecule has 1 amide bonds. The number of carbonyl (C=O) groups is 2. The number of amides is 1. The molecule has 0 radical (unpaired) electrons. The van der Waals surface area contributed by atoms with Crippen molar-refractivity contribution in [3.8, 4) is 10.6 Å². The van der Waals surface area contributed by atoms with E-state index in [2.05, 4.69) is 10.3 Å². The number of hydrogen-bond donors (Lipinski definition) is 2. The van der Waals surface area contributed by atoms with E-state index in [4.69, 9.17) is 0 Å². The second-order valence-corrected chi connectivity index (χ2v) is 7.45. The number of aromatic nitrogens is 1. The van der Waals surface area contributed by atoms with Crippen LogP contribution in [0.5, 0.6) is 0 Å². The maximum atomic E-state index is 13.3. The lowest BCUT2D eigenvalue weighted by Crippen LogP contribution is -2.43. The first kappa shape index (κ1) is 18.5. The minimum absolute atomic E-state index is 0.0919. The van der Waals surface area contributed by atoms with Crippen molar-refractivity contribution in [2.24, 2.45) is 5.92 Å². The number of aliphatic carboxylic acids is 1. The number of carboxylic acids is 1. The molecule has 2 N–H and O–H groups in total. The van der Waals surface area contributed by atoms with Gasteiger partial charge in [-0.15, -0.1) is 11.3 Å². The summed E-state index contributed by atoms with van der Waals surface area (Å²) in [5.41, 5.74) is 1.28. The number of benzene rings is 1. The number of carbonyl (C=O) groups excluding carboxylic acids is 1. The number of hydrogen-bond acceptors (Lipinski definition) is 4. The summed E-state index contributed by atoms with van der Waals surface area (Å²) in [6.07, 6.45) is 4.18. The zero-order chi connectivity index (χ0) is 18.5. The molecule has 0 spiro atoms. The summed E-state index contributed by atoms with van der Waals surface area (Å²) in [4.78, 5) is 28.2. The fourth-order valence-electron chi connectivity index (χ4n) is 3.34. The summed E-state index contributed by atoms with van der Waals surface area (Å²) in [5, 5.41) is 14.7. The Kier molecular flexibility index (Phi) is 5.98. The van der Waals surface area contributed by atoms with Gasteiger partial charge in [0, 0.05) is 17.0 Å². The van der Waals surface area contributed by atoms with Crippen LogP contribution in [0, 0.1) is 11.7 Å². The van der Waals surface area contributed by atoms with E-state index >= 15 is 0 Å². The van der Waals surface area contributed by atoms with Gasteiger partial charge in [-0.1, -0.05) is 31.4 Å². The van der Waals surface area contributed by atoms with Gasteiger partial charge in [0.25, 0.3) is 0 Å². The van der Waals surface area contributed by atoms with Crippen molar-refractivity contribution in [2.75, 3.05) is 0 Å². The fourth-order valence-corrected chi connectivity index (χ4v) is 4.16. The molecule has 0 saturated heterocycles. The zero-order valence-corrected chi connectivity index (χ0v) is 15.1. The van der Waals surface area contributed by atoms with Gasteiger partial charge in [-0.2, -0.15) is 0 Å². The molecule has 3 rings (SSSR count). The molecule has 138 valence electrons. The van der Waals surface area contributed by atoms with Crippen molar-refractivity contribution in [2.45, 2.75) is 44.6 Å². The third kappa shape index (κ3) is 4.66. The summed E-state index contributed by atoms with van der Waals surface area (Å²) in [6, 6.07) is 5.84. The predicted molar refractivity (Wildman–Crippen MR) is 97.4 cm³/mol. The maximum Gasteiger partial charge on any atom is 0.308 e. The summed E-state index contributed by atoms with van der Waals surface area (Å²) in [6.45, 7) is 0. The number of halogens is 1. The summed E-state index contributed by atoms with van der Waals surface area (Å²) in [5.74, 6) is -1.93. The Morgan fingerprint density at radius 3 is 2.85 bits per heavy atom. The molecule has 1 aliphatic carbocycles. The van der Waals surface area contributed by atoms with Crippen LogP contribution in [0.1, 0.15) is 37.8 Å². The molecule has 0 unspecified atom stereocenters. The standard InChI is InChI=1S/C19H21FN2O3S/c20-13-6-4-5-12(9-13)18-21-14(11-26-18)10-17(23)22-16-8-3-1-2-7-15(16)19(24)25/h4-6,9,11,15-16H,1-3,7-8,10H2,(H,22,23)(H,24,25)/t15-,16+/m1/s1. The molecule has 5 nitrogen and oxygen atoms in total. The molecule has 1 aliphatic rings. The van der Waals surface area contributed by atoms with E-state index in [0.29, 0.717) is 29.1 Å². The lowest BCUT2D eigenvalue weighted by Gasteiger charge is -2.22. The van der Waals surface area contributed by atoms with Crippen LogP contribution in [0.25, 0.3) is 10.6 Å². The monoisotopic (exact) mass is 376 g/mol. The van der Waals surface area contributed by atoms with E-state index in [1.165, 1.54) is 23.5 Å². The highest BCUT2D eigenvalue weighted by Gasteiger charge is 2.30. The average Bonchev–Trinajstić information content (AvgIpc) is 2.92. The van der Waals surface area contributed by atoms with E-state index in [0.717, 1.165) is 19.3 Å². The summed E-state index contributed by atoms with van der Waals surface area (Å²) in [7, 11) is 0. The molecule has 1 saturated carbocycles. The van der Waals surface area contributed by atoms with Crippen LogP contribution >= 0.6 is 11.3 Å². The van der Waals surface area contributed by atoms with Crippen LogP contribution in [-0.2, 0) is 16.0 Å². The van der Waals surface area contributed by atoms with E-state index in [1.807, 2.05) is 0 Å². The van der Waals surface area contributed by atoms with Crippen molar-refractivity contribution in [1.29, 1.82) is 0 Å². The highest BCUT2D eigenvalue weighted by molar-refractivity contribution is 7.13. The van der Waals surface area contributed by atoms with Gasteiger partial charge in [0.2, 0.25) is 5.91 Å². The van der Waals surface area contributed by atoms with E-state index in [-0.39, 0.29) is 24.2 Å². The minimum Gasteiger partial charge on any atom is -0.481 e. The first-order chi connectivity index (χ1) is 12.5. The predicted octanol–water partition coefficient (Wildman–Crippen LogP) is 3.64. The van der Waals surface area contributed by atoms with Crippen molar-refractivity contribution in [1.82, 2.24) is 10.3 Å². The van der Waals surface area contributed by atoms with Crippen molar-refractivity contribution in [3.05, 3.63) is 41.2 Å². The molecule has 26 heavy (non-hydrogen) atoms. The average molecular weight is 376 g/mol. The summed E-state index contributed by atoms with van der Waals surface area (Å²) < 4.78 is 13.3. The highest BCUT2D eigenvalue weighted by atomic mass is 32.1. The fraction of sp³-hybridized carbons (Fsp3) is 0.421. The lowest BCUT2D eigenvalue weighted by atomic mass is 9.95. The molecule has 1 fully saturated rings. The number of nitrogens with zero attached hydrogens (tertiary/aromatic N) is 1. The second-order valence-electron chi connectivity index (χ2n) is 6.59.